The Kier molecular flexibility index (Phi) is 4.35. The molecule has 4 aromatic rings. The van der Waals surface area contributed by atoms with Gasteiger partial charge in [-0.1, -0.05) is 36.7 Å². The second kappa shape index (κ2) is 6.81. The van der Waals surface area contributed by atoms with Crippen LogP contribution in [0.25, 0.3) is 21.8 Å². The van der Waals surface area contributed by atoms with Crippen molar-refractivity contribution in [1.29, 1.82) is 0 Å². The smallest absolute Gasteiger partial charge is 0.255 e. The second-order valence-electron chi connectivity index (χ2n) is 6.24. The summed E-state index contributed by atoms with van der Waals surface area (Å²) in [5, 5.41) is 5.24. The molecule has 1 N–H and O–H groups in total. The summed E-state index contributed by atoms with van der Waals surface area (Å²) in [6.07, 6.45) is 4.72. The largest absolute Gasteiger partial charge is 0.347 e. The number of aromatic nitrogens is 2. The van der Waals surface area contributed by atoms with Gasteiger partial charge >= 0.3 is 0 Å². The van der Waals surface area contributed by atoms with E-state index in [0.717, 1.165) is 34.8 Å². The van der Waals surface area contributed by atoms with E-state index in [4.69, 9.17) is 11.6 Å². The zero-order valence-electron chi connectivity index (χ0n) is 14.4. The third kappa shape index (κ3) is 2.93. The Morgan fingerprint density at radius 1 is 1.19 bits per heavy atom. The Balaban J connectivity index is 1.64. The number of para-hydroxylation sites is 1. The van der Waals surface area contributed by atoms with Gasteiger partial charge < -0.3 is 9.88 Å². The average molecular weight is 364 g/mol. The number of carbonyl (C=O) groups is 1. The molecule has 4 rings (SSSR count). The third-order valence-corrected chi connectivity index (χ3v) is 4.86. The van der Waals surface area contributed by atoms with Gasteiger partial charge in [-0.3, -0.25) is 9.78 Å². The lowest BCUT2D eigenvalue weighted by Gasteiger charge is -2.09. The van der Waals surface area contributed by atoms with E-state index in [1.165, 1.54) is 0 Å². The minimum atomic E-state index is -0.200. The van der Waals surface area contributed by atoms with Crippen LogP contribution < -0.4 is 5.32 Å². The number of fused-ring (bicyclic) bond motifs is 2. The van der Waals surface area contributed by atoms with E-state index in [1.807, 2.05) is 48.5 Å². The number of rotatable bonds is 4. The summed E-state index contributed by atoms with van der Waals surface area (Å²) in [5.74, 6) is -0.200. The van der Waals surface area contributed by atoms with E-state index in [1.54, 1.807) is 6.20 Å². The lowest BCUT2D eigenvalue weighted by atomic mass is 10.1. The van der Waals surface area contributed by atoms with Crippen LogP contribution in [0.4, 0.5) is 5.69 Å². The Morgan fingerprint density at radius 2 is 2.04 bits per heavy atom. The van der Waals surface area contributed by atoms with Crippen LogP contribution in [0.1, 0.15) is 23.7 Å². The molecule has 1 amide bonds. The highest BCUT2D eigenvalue weighted by Gasteiger charge is 2.12. The third-order valence-electron chi connectivity index (χ3n) is 4.46. The fraction of sp³-hybridized carbons (Fsp3) is 0.143. The highest BCUT2D eigenvalue weighted by molar-refractivity contribution is 6.38. The minimum Gasteiger partial charge on any atom is -0.347 e. The van der Waals surface area contributed by atoms with Crippen molar-refractivity contribution in [3.63, 3.8) is 0 Å². The Bertz CT molecular complexity index is 1120. The predicted octanol–water partition coefficient (Wildman–Crippen LogP) is 5.51. The van der Waals surface area contributed by atoms with Crippen molar-refractivity contribution < 1.29 is 4.79 Å². The molecule has 0 fully saturated rings. The van der Waals surface area contributed by atoms with Crippen LogP contribution in [0.15, 0.2) is 60.9 Å². The highest BCUT2D eigenvalue weighted by Crippen LogP contribution is 2.29. The first-order chi connectivity index (χ1) is 12.7. The van der Waals surface area contributed by atoms with Gasteiger partial charge in [-0.25, -0.2) is 0 Å². The predicted molar refractivity (Wildman–Crippen MR) is 107 cm³/mol. The van der Waals surface area contributed by atoms with Gasteiger partial charge in [0, 0.05) is 34.6 Å². The van der Waals surface area contributed by atoms with Crippen LogP contribution in [-0.4, -0.2) is 15.5 Å². The fourth-order valence-electron chi connectivity index (χ4n) is 3.17. The normalized spacial score (nSPS) is 11.2. The summed E-state index contributed by atoms with van der Waals surface area (Å²) in [7, 11) is 0. The lowest BCUT2D eigenvalue weighted by molar-refractivity contribution is 0.102. The monoisotopic (exact) mass is 363 g/mol. The van der Waals surface area contributed by atoms with Crippen molar-refractivity contribution in [2.75, 3.05) is 5.32 Å². The topological polar surface area (TPSA) is 46.9 Å². The average Bonchev–Trinajstić information content (AvgIpc) is 3.07. The molecule has 2 aromatic heterocycles. The van der Waals surface area contributed by atoms with Crippen LogP contribution in [0.2, 0.25) is 5.02 Å². The molecule has 0 aliphatic carbocycles. The summed E-state index contributed by atoms with van der Waals surface area (Å²) < 4.78 is 2.20. The number of nitrogens with one attached hydrogen (secondary N) is 1. The molecule has 4 nitrogen and oxygen atoms in total. The number of hydrogen-bond acceptors (Lipinski definition) is 2. The molecule has 2 heterocycles. The quantitative estimate of drug-likeness (QED) is 0.520. The van der Waals surface area contributed by atoms with E-state index in [2.05, 4.69) is 28.0 Å². The number of nitrogens with zero attached hydrogens (tertiary/aromatic N) is 2. The zero-order chi connectivity index (χ0) is 18.1. The van der Waals surface area contributed by atoms with E-state index < -0.39 is 0 Å². The van der Waals surface area contributed by atoms with Crippen LogP contribution in [0.5, 0.6) is 0 Å². The Morgan fingerprint density at radius 3 is 2.88 bits per heavy atom. The van der Waals surface area contributed by atoms with Gasteiger partial charge in [0.1, 0.15) is 0 Å². The molecule has 0 aliphatic rings. The van der Waals surface area contributed by atoms with Crippen molar-refractivity contribution in [3.05, 3.63) is 71.5 Å². The van der Waals surface area contributed by atoms with Gasteiger partial charge in [-0.15, -0.1) is 0 Å². The van der Waals surface area contributed by atoms with E-state index in [0.29, 0.717) is 16.3 Å². The Hall–Kier alpha value is -2.85. The number of anilines is 1. The molecule has 0 bridgehead atoms. The summed E-state index contributed by atoms with van der Waals surface area (Å²) in [4.78, 5) is 17.0. The zero-order valence-corrected chi connectivity index (χ0v) is 15.1. The molecule has 0 saturated heterocycles. The number of aryl methyl sites for hydroxylation is 1. The van der Waals surface area contributed by atoms with Crippen molar-refractivity contribution in [2.45, 2.75) is 19.9 Å². The fourth-order valence-corrected chi connectivity index (χ4v) is 3.42. The number of halogens is 1. The van der Waals surface area contributed by atoms with Gasteiger partial charge in [-0.2, -0.15) is 0 Å². The standard InChI is InChI=1S/C21H18ClN3O/c1-2-10-25-11-9-14-12-15(7-8-19(14)25)21(26)24-18-13-23-17-6-4-3-5-16(17)20(18)22/h3-9,11-13H,2,10H2,1H3,(H,24,26). The van der Waals surface area contributed by atoms with Crippen LogP contribution >= 0.6 is 11.6 Å². The van der Waals surface area contributed by atoms with E-state index in [-0.39, 0.29) is 5.91 Å². The van der Waals surface area contributed by atoms with E-state index in [9.17, 15) is 4.79 Å². The van der Waals surface area contributed by atoms with Gasteiger partial charge in [0.2, 0.25) is 0 Å². The molecule has 0 atom stereocenters. The van der Waals surface area contributed by atoms with Crippen LogP contribution in [0, 0.1) is 0 Å². The van der Waals surface area contributed by atoms with Crippen molar-refractivity contribution in [3.8, 4) is 0 Å². The van der Waals surface area contributed by atoms with Crippen molar-refractivity contribution >= 4 is 45.0 Å². The van der Waals surface area contributed by atoms with Gasteiger partial charge in [0.05, 0.1) is 22.4 Å². The summed E-state index contributed by atoms with van der Waals surface area (Å²) in [6, 6.07) is 15.3. The molecular weight excluding hydrogens is 346 g/mol. The first kappa shape index (κ1) is 16.6. The molecule has 2 aromatic carbocycles. The molecule has 5 heteroatoms. The Labute approximate surface area is 156 Å². The summed E-state index contributed by atoms with van der Waals surface area (Å²) in [6.45, 7) is 3.11. The first-order valence-corrected chi connectivity index (χ1v) is 8.98. The van der Waals surface area contributed by atoms with Crippen molar-refractivity contribution in [1.82, 2.24) is 9.55 Å². The maximum Gasteiger partial charge on any atom is 0.255 e. The first-order valence-electron chi connectivity index (χ1n) is 8.61. The maximum absolute atomic E-state index is 12.7. The van der Waals surface area contributed by atoms with Crippen LogP contribution in [-0.2, 0) is 6.54 Å². The van der Waals surface area contributed by atoms with Crippen molar-refractivity contribution in [2.24, 2.45) is 0 Å². The maximum atomic E-state index is 12.7. The molecule has 130 valence electrons. The van der Waals surface area contributed by atoms with Crippen LogP contribution in [0.3, 0.4) is 0 Å². The number of amides is 1. The molecule has 0 unspecified atom stereocenters. The second-order valence-corrected chi connectivity index (χ2v) is 6.62. The van der Waals surface area contributed by atoms with Gasteiger partial charge in [-0.05, 0) is 36.8 Å². The molecule has 0 saturated carbocycles. The summed E-state index contributed by atoms with van der Waals surface area (Å²) >= 11 is 6.45. The highest BCUT2D eigenvalue weighted by atomic mass is 35.5. The van der Waals surface area contributed by atoms with Gasteiger partial charge in [0.25, 0.3) is 5.91 Å². The SMILES string of the molecule is CCCn1ccc2cc(C(=O)Nc3cnc4ccccc4c3Cl)ccc21. The molecular formula is C21H18ClN3O. The number of pyridine rings is 1. The van der Waals surface area contributed by atoms with E-state index >= 15 is 0 Å². The number of carbonyl (C=O) groups excluding carboxylic acids is 1. The molecule has 0 spiro atoms. The lowest BCUT2D eigenvalue weighted by Crippen LogP contribution is -2.12. The summed E-state index contributed by atoms with van der Waals surface area (Å²) in [5.41, 5.74) is 3.04. The minimum absolute atomic E-state index is 0.200. The molecule has 26 heavy (non-hydrogen) atoms. The molecule has 0 aliphatic heterocycles. The number of benzene rings is 2. The number of hydrogen-bond donors (Lipinski definition) is 1. The molecule has 0 radical (unpaired) electrons. The van der Waals surface area contributed by atoms with Gasteiger partial charge in [0.15, 0.2) is 0 Å².